The summed E-state index contributed by atoms with van der Waals surface area (Å²) >= 11 is 0. The molecule has 0 aromatic carbocycles. The third-order valence-electron chi connectivity index (χ3n) is 2.67. The number of furan rings is 1. The van der Waals surface area contributed by atoms with Crippen LogP contribution < -0.4 is 5.32 Å². The highest BCUT2D eigenvalue weighted by Crippen LogP contribution is 2.16. The molecule has 0 saturated carbocycles. The molecular formula is C13H12N2O5. The van der Waals surface area contributed by atoms with Crippen molar-refractivity contribution >= 4 is 11.9 Å². The number of hydrogen-bond donors (Lipinski definition) is 3. The Morgan fingerprint density at radius 3 is 2.75 bits per heavy atom. The van der Waals surface area contributed by atoms with Crippen molar-refractivity contribution in [1.29, 1.82) is 0 Å². The van der Waals surface area contributed by atoms with Gasteiger partial charge in [0.1, 0.15) is 22.8 Å². The maximum Gasteiger partial charge on any atom is 0.339 e. The van der Waals surface area contributed by atoms with Gasteiger partial charge in [0.25, 0.3) is 5.91 Å². The first-order chi connectivity index (χ1) is 9.49. The van der Waals surface area contributed by atoms with E-state index in [4.69, 9.17) is 9.52 Å². The van der Waals surface area contributed by atoms with Gasteiger partial charge < -0.3 is 19.9 Å². The van der Waals surface area contributed by atoms with Crippen molar-refractivity contribution in [3.63, 3.8) is 0 Å². The lowest BCUT2D eigenvalue weighted by Gasteiger charge is -2.04. The summed E-state index contributed by atoms with van der Waals surface area (Å²) in [6.45, 7) is 1.55. The molecule has 0 fully saturated rings. The molecule has 7 nitrogen and oxygen atoms in total. The molecular weight excluding hydrogens is 264 g/mol. The summed E-state index contributed by atoms with van der Waals surface area (Å²) in [6.07, 6.45) is 2.54. The standard InChI is InChI=1S/C13H12N2O5/c1-7-10(13(18)19)4-8(20-7)5-15-12(17)9-2-3-14-6-11(9)16/h2-4,6,16H,5H2,1H3,(H,15,17)(H,18,19). The fourth-order valence-electron chi connectivity index (χ4n) is 1.68. The van der Waals surface area contributed by atoms with E-state index in [0.717, 1.165) is 6.20 Å². The molecule has 1 amide bonds. The summed E-state index contributed by atoms with van der Waals surface area (Å²) in [5, 5.41) is 20.9. The van der Waals surface area contributed by atoms with Gasteiger partial charge in [0, 0.05) is 6.20 Å². The molecule has 2 rings (SSSR count). The van der Waals surface area contributed by atoms with Gasteiger partial charge in [-0.3, -0.25) is 9.78 Å². The topological polar surface area (TPSA) is 113 Å². The van der Waals surface area contributed by atoms with Gasteiger partial charge in [-0.15, -0.1) is 0 Å². The van der Waals surface area contributed by atoms with E-state index in [1.54, 1.807) is 0 Å². The highest BCUT2D eigenvalue weighted by atomic mass is 16.4. The monoisotopic (exact) mass is 276 g/mol. The molecule has 0 spiro atoms. The van der Waals surface area contributed by atoms with Crippen molar-refractivity contribution in [2.45, 2.75) is 13.5 Å². The van der Waals surface area contributed by atoms with Gasteiger partial charge in [-0.05, 0) is 19.1 Å². The SMILES string of the molecule is Cc1oc(CNC(=O)c2ccncc2O)cc1C(=O)O. The van der Waals surface area contributed by atoms with Crippen LogP contribution in [0.5, 0.6) is 5.75 Å². The highest BCUT2D eigenvalue weighted by Gasteiger charge is 2.15. The zero-order chi connectivity index (χ0) is 14.7. The van der Waals surface area contributed by atoms with E-state index in [1.807, 2.05) is 0 Å². The van der Waals surface area contributed by atoms with Crippen LogP contribution in [0.1, 0.15) is 32.2 Å². The second-order valence-corrected chi connectivity index (χ2v) is 4.06. The summed E-state index contributed by atoms with van der Waals surface area (Å²) in [5.41, 5.74) is 0.141. The Balaban J connectivity index is 2.06. The van der Waals surface area contributed by atoms with E-state index in [-0.39, 0.29) is 29.2 Å². The molecule has 2 aromatic heterocycles. The van der Waals surface area contributed by atoms with Gasteiger partial charge in [0.15, 0.2) is 0 Å². The predicted octanol–water partition coefficient (Wildman–Crippen LogP) is 1.32. The minimum absolute atomic E-state index is 0.0225. The molecule has 3 N–H and O–H groups in total. The van der Waals surface area contributed by atoms with Crippen molar-refractivity contribution in [3.8, 4) is 5.75 Å². The van der Waals surface area contributed by atoms with E-state index in [1.165, 1.54) is 25.3 Å². The number of pyridine rings is 1. The lowest BCUT2D eigenvalue weighted by atomic mass is 10.2. The second-order valence-electron chi connectivity index (χ2n) is 4.06. The molecule has 0 saturated heterocycles. The largest absolute Gasteiger partial charge is 0.505 e. The second kappa shape index (κ2) is 5.43. The molecule has 104 valence electrons. The number of aromatic hydroxyl groups is 1. The molecule has 0 aliphatic rings. The van der Waals surface area contributed by atoms with Crippen LogP contribution in [-0.4, -0.2) is 27.1 Å². The molecule has 7 heteroatoms. The molecule has 0 bridgehead atoms. The number of carbonyl (C=O) groups is 2. The third-order valence-corrected chi connectivity index (χ3v) is 2.67. The van der Waals surface area contributed by atoms with Gasteiger partial charge in [-0.25, -0.2) is 4.79 Å². The predicted molar refractivity (Wildman–Crippen MR) is 67.5 cm³/mol. The van der Waals surface area contributed by atoms with Crippen molar-refractivity contribution in [3.05, 3.63) is 47.2 Å². The Labute approximate surface area is 113 Å². The van der Waals surface area contributed by atoms with E-state index in [9.17, 15) is 14.7 Å². The lowest BCUT2D eigenvalue weighted by molar-refractivity contribution is 0.0694. The number of rotatable bonds is 4. The van der Waals surface area contributed by atoms with Gasteiger partial charge >= 0.3 is 5.97 Å². The quantitative estimate of drug-likeness (QED) is 0.776. The summed E-state index contributed by atoms with van der Waals surface area (Å²) in [5.74, 6) is -1.23. The normalized spacial score (nSPS) is 10.2. The van der Waals surface area contributed by atoms with Crippen molar-refractivity contribution in [1.82, 2.24) is 10.3 Å². The first kappa shape index (κ1) is 13.6. The third kappa shape index (κ3) is 2.77. The van der Waals surface area contributed by atoms with Crippen molar-refractivity contribution < 1.29 is 24.2 Å². The number of aromatic nitrogens is 1. The van der Waals surface area contributed by atoms with Crippen LogP contribution in [0.3, 0.4) is 0 Å². The maximum absolute atomic E-state index is 11.8. The highest BCUT2D eigenvalue weighted by molar-refractivity contribution is 5.96. The molecule has 0 radical (unpaired) electrons. The number of carboxylic acid groups (broad SMARTS) is 1. The molecule has 0 aliphatic heterocycles. The van der Waals surface area contributed by atoms with Crippen LogP contribution in [0.4, 0.5) is 0 Å². The van der Waals surface area contributed by atoms with E-state index in [0.29, 0.717) is 5.76 Å². The molecule has 0 unspecified atom stereocenters. The molecule has 0 atom stereocenters. The Bertz CT molecular complexity index is 663. The van der Waals surface area contributed by atoms with E-state index in [2.05, 4.69) is 10.3 Å². The van der Waals surface area contributed by atoms with Gasteiger partial charge in [-0.1, -0.05) is 0 Å². The Morgan fingerprint density at radius 2 is 2.15 bits per heavy atom. The number of aryl methyl sites for hydroxylation is 1. The summed E-state index contributed by atoms with van der Waals surface area (Å²) in [4.78, 5) is 26.3. The summed E-state index contributed by atoms with van der Waals surface area (Å²) in [7, 11) is 0. The maximum atomic E-state index is 11.8. The van der Waals surface area contributed by atoms with Gasteiger partial charge in [0.2, 0.25) is 0 Å². The summed E-state index contributed by atoms with van der Waals surface area (Å²) < 4.78 is 5.22. The van der Waals surface area contributed by atoms with Gasteiger partial charge in [-0.2, -0.15) is 0 Å². The Hall–Kier alpha value is -2.83. The smallest absolute Gasteiger partial charge is 0.339 e. The minimum Gasteiger partial charge on any atom is -0.505 e. The number of aromatic carboxylic acids is 1. The van der Waals surface area contributed by atoms with Gasteiger partial charge in [0.05, 0.1) is 18.3 Å². The fraction of sp³-hybridized carbons (Fsp3) is 0.154. The van der Waals surface area contributed by atoms with Crippen LogP contribution in [-0.2, 0) is 6.54 Å². The number of carboxylic acids is 1. The molecule has 2 aromatic rings. The zero-order valence-electron chi connectivity index (χ0n) is 10.6. The first-order valence-electron chi connectivity index (χ1n) is 5.73. The number of nitrogens with one attached hydrogen (secondary N) is 1. The fourth-order valence-corrected chi connectivity index (χ4v) is 1.68. The zero-order valence-corrected chi connectivity index (χ0v) is 10.6. The van der Waals surface area contributed by atoms with Crippen LogP contribution >= 0.6 is 0 Å². The van der Waals surface area contributed by atoms with Crippen molar-refractivity contribution in [2.24, 2.45) is 0 Å². The lowest BCUT2D eigenvalue weighted by Crippen LogP contribution is -2.22. The molecule has 2 heterocycles. The number of hydrogen-bond acceptors (Lipinski definition) is 5. The number of amides is 1. The van der Waals surface area contributed by atoms with Crippen LogP contribution in [0.2, 0.25) is 0 Å². The number of nitrogens with zero attached hydrogens (tertiary/aromatic N) is 1. The Kier molecular flexibility index (Phi) is 3.69. The Morgan fingerprint density at radius 1 is 1.40 bits per heavy atom. The van der Waals surface area contributed by atoms with Crippen molar-refractivity contribution in [2.75, 3.05) is 0 Å². The van der Waals surface area contributed by atoms with E-state index < -0.39 is 11.9 Å². The molecule has 20 heavy (non-hydrogen) atoms. The average Bonchev–Trinajstić information content (AvgIpc) is 2.78. The first-order valence-corrected chi connectivity index (χ1v) is 5.73. The van der Waals surface area contributed by atoms with Crippen LogP contribution in [0.25, 0.3) is 0 Å². The van der Waals surface area contributed by atoms with E-state index >= 15 is 0 Å². The minimum atomic E-state index is -1.09. The van der Waals surface area contributed by atoms with Crippen LogP contribution in [0.15, 0.2) is 28.9 Å². The number of carbonyl (C=O) groups excluding carboxylic acids is 1. The van der Waals surface area contributed by atoms with Crippen LogP contribution in [0, 0.1) is 6.92 Å². The summed E-state index contributed by atoms with van der Waals surface area (Å²) in [6, 6.07) is 2.73. The molecule has 0 aliphatic carbocycles. The average molecular weight is 276 g/mol.